The maximum absolute atomic E-state index is 12.7. The van der Waals surface area contributed by atoms with Gasteiger partial charge in [0, 0.05) is 45.3 Å². The fraction of sp³-hybridized carbons (Fsp3) is 0.450. The molecule has 1 fully saturated rings. The number of ether oxygens (including phenoxy) is 1. The fourth-order valence-corrected chi connectivity index (χ4v) is 3.31. The molecular formula is C20H26N4O2. The summed E-state index contributed by atoms with van der Waals surface area (Å²) in [5, 5.41) is 3.29. The lowest BCUT2D eigenvalue weighted by molar-refractivity contribution is 0.0570. The summed E-state index contributed by atoms with van der Waals surface area (Å²) in [6.07, 6.45) is 8.31. The zero-order valence-corrected chi connectivity index (χ0v) is 15.2. The molecule has 1 aliphatic heterocycles. The number of likely N-dealkylation sites (tertiary alicyclic amines) is 1. The van der Waals surface area contributed by atoms with E-state index in [1.807, 2.05) is 29.2 Å². The van der Waals surface area contributed by atoms with Crippen molar-refractivity contribution in [1.29, 1.82) is 0 Å². The maximum Gasteiger partial charge on any atom is 0.255 e. The van der Waals surface area contributed by atoms with Gasteiger partial charge in [0.05, 0.1) is 12.2 Å². The molecule has 0 aromatic carbocycles. The Morgan fingerprint density at radius 2 is 2.15 bits per heavy atom. The number of piperidine rings is 1. The van der Waals surface area contributed by atoms with Crippen LogP contribution in [0.2, 0.25) is 0 Å². The molecule has 1 N–H and O–H groups in total. The summed E-state index contributed by atoms with van der Waals surface area (Å²) in [6.45, 7) is 3.07. The lowest BCUT2D eigenvalue weighted by Crippen LogP contribution is -2.41. The Hall–Kier alpha value is -2.47. The van der Waals surface area contributed by atoms with E-state index in [2.05, 4.69) is 15.3 Å². The number of hydrogen-bond donors (Lipinski definition) is 1. The molecule has 6 heteroatoms. The molecule has 0 radical (unpaired) electrons. The van der Waals surface area contributed by atoms with Crippen molar-refractivity contribution >= 4 is 11.7 Å². The summed E-state index contributed by atoms with van der Waals surface area (Å²) in [7, 11) is 1.71. The van der Waals surface area contributed by atoms with Crippen molar-refractivity contribution in [2.24, 2.45) is 5.92 Å². The Morgan fingerprint density at radius 1 is 1.31 bits per heavy atom. The molecule has 1 atom stereocenters. The van der Waals surface area contributed by atoms with E-state index in [0.717, 1.165) is 44.7 Å². The number of nitrogens with zero attached hydrogens (tertiary/aromatic N) is 3. The minimum atomic E-state index is 0.0571. The van der Waals surface area contributed by atoms with Crippen LogP contribution in [0, 0.1) is 5.92 Å². The molecule has 0 spiro atoms. The minimum Gasteiger partial charge on any atom is -0.384 e. The molecule has 1 saturated heterocycles. The normalized spacial score (nSPS) is 17.1. The highest BCUT2D eigenvalue weighted by Crippen LogP contribution is 2.19. The van der Waals surface area contributed by atoms with Gasteiger partial charge in [-0.05, 0) is 55.0 Å². The second kappa shape index (κ2) is 9.29. The first-order valence-corrected chi connectivity index (χ1v) is 9.13. The number of amides is 1. The van der Waals surface area contributed by atoms with Crippen LogP contribution in [0.3, 0.4) is 0 Å². The van der Waals surface area contributed by atoms with Crippen LogP contribution < -0.4 is 5.32 Å². The molecular weight excluding hydrogens is 328 g/mol. The Bertz CT molecular complexity index is 689. The van der Waals surface area contributed by atoms with Crippen molar-refractivity contribution in [3.63, 3.8) is 0 Å². The van der Waals surface area contributed by atoms with Gasteiger partial charge >= 0.3 is 0 Å². The van der Waals surface area contributed by atoms with Crippen LogP contribution in [-0.2, 0) is 11.2 Å². The average molecular weight is 354 g/mol. The van der Waals surface area contributed by atoms with Gasteiger partial charge in [0.15, 0.2) is 0 Å². The van der Waals surface area contributed by atoms with E-state index in [9.17, 15) is 4.79 Å². The number of nitrogens with one attached hydrogen (secondary N) is 1. The standard InChI is InChI=1S/C20H26N4O2/c1-26-15-17-3-2-12-24(14-17)20(25)18-4-5-19(23-13-18)22-11-8-16-6-9-21-10-7-16/h4-7,9-10,13,17H,2-3,8,11-12,14-15H2,1H3,(H,22,23). The molecule has 2 aromatic heterocycles. The van der Waals surface area contributed by atoms with Crippen molar-refractivity contribution in [1.82, 2.24) is 14.9 Å². The van der Waals surface area contributed by atoms with Gasteiger partial charge in [-0.1, -0.05) is 0 Å². The highest BCUT2D eigenvalue weighted by atomic mass is 16.5. The second-order valence-electron chi connectivity index (χ2n) is 6.68. The van der Waals surface area contributed by atoms with Crippen molar-refractivity contribution < 1.29 is 9.53 Å². The van der Waals surface area contributed by atoms with Crippen molar-refractivity contribution in [3.05, 3.63) is 54.0 Å². The summed E-state index contributed by atoms with van der Waals surface area (Å²) in [5.74, 6) is 1.27. The third-order valence-electron chi connectivity index (χ3n) is 4.69. The summed E-state index contributed by atoms with van der Waals surface area (Å²) in [4.78, 5) is 23.0. The summed E-state index contributed by atoms with van der Waals surface area (Å²) in [5.41, 5.74) is 1.87. The van der Waals surface area contributed by atoms with E-state index in [1.54, 1.807) is 25.7 Å². The molecule has 0 saturated carbocycles. The van der Waals surface area contributed by atoms with E-state index < -0.39 is 0 Å². The third kappa shape index (κ3) is 5.02. The van der Waals surface area contributed by atoms with Crippen LogP contribution in [0.25, 0.3) is 0 Å². The fourth-order valence-electron chi connectivity index (χ4n) is 3.31. The van der Waals surface area contributed by atoms with Gasteiger partial charge in [0.1, 0.15) is 5.82 Å². The Balaban J connectivity index is 1.51. The monoisotopic (exact) mass is 354 g/mol. The molecule has 2 aromatic rings. The number of aromatic nitrogens is 2. The minimum absolute atomic E-state index is 0.0571. The molecule has 6 nitrogen and oxygen atoms in total. The van der Waals surface area contributed by atoms with E-state index in [0.29, 0.717) is 18.1 Å². The number of rotatable bonds is 7. The number of carbonyl (C=O) groups is 1. The zero-order valence-electron chi connectivity index (χ0n) is 15.2. The molecule has 138 valence electrons. The van der Waals surface area contributed by atoms with Crippen LogP contribution in [0.1, 0.15) is 28.8 Å². The van der Waals surface area contributed by atoms with E-state index in [1.165, 1.54) is 5.56 Å². The molecule has 3 rings (SSSR count). The molecule has 1 amide bonds. The van der Waals surface area contributed by atoms with Crippen LogP contribution in [0.5, 0.6) is 0 Å². The topological polar surface area (TPSA) is 67.3 Å². The molecule has 26 heavy (non-hydrogen) atoms. The molecule has 0 aliphatic carbocycles. The zero-order chi connectivity index (χ0) is 18.2. The van der Waals surface area contributed by atoms with Crippen LogP contribution in [0.15, 0.2) is 42.9 Å². The SMILES string of the molecule is COCC1CCCN(C(=O)c2ccc(NCCc3ccncc3)nc2)C1. The summed E-state index contributed by atoms with van der Waals surface area (Å²) in [6, 6.07) is 7.74. The first-order valence-electron chi connectivity index (χ1n) is 9.13. The third-order valence-corrected chi connectivity index (χ3v) is 4.69. The van der Waals surface area contributed by atoms with Gasteiger partial charge in [0.2, 0.25) is 0 Å². The van der Waals surface area contributed by atoms with Gasteiger partial charge in [0.25, 0.3) is 5.91 Å². The number of pyridine rings is 2. The van der Waals surface area contributed by atoms with Gasteiger partial charge in [-0.25, -0.2) is 4.98 Å². The lowest BCUT2D eigenvalue weighted by Gasteiger charge is -2.32. The Morgan fingerprint density at radius 3 is 2.88 bits per heavy atom. The number of methoxy groups -OCH3 is 1. The second-order valence-corrected chi connectivity index (χ2v) is 6.68. The molecule has 0 bridgehead atoms. The predicted molar refractivity (Wildman–Crippen MR) is 101 cm³/mol. The largest absolute Gasteiger partial charge is 0.384 e. The van der Waals surface area contributed by atoms with Gasteiger partial charge in [-0.15, -0.1) is 0 Å². The maximum atomic E-state index is 12.7. The van der Waals surface area contributed by atoms with Crippen LogP contribution >= 0.6 is 0 Å². The molecule has 1 unspecified atom stereocenters. The lowest BCUT2D eigenvalue weighted by atomic mass is 9.98. The highest BCUT2D eigenvalue weighted by molar-refractivity contribution is 5.94. The molecule has 3 heterocycles. The first kappa shape index (κ1) is 18.3. The average Bonchev–Trinajstić information content (AvgIpc) is 2.69. The van der Waals surface area contributed by atoms with E-state index in [-0.39, 0.29) is 5.91 Å². The first-order chi connectivity index (χ1) is 12.8. The summed E-state index contributed by atoms with van der Waals surface area (Å²) >= 11 is 0. The van der Waals surface area contributed by atoms with E-state index >= 15 is 0 Å². The van der Waals surface area contributed by atoms with Gasteiger partial charge in [-0.3, -0.25) is 9.78 Å². The Labute approximate surface area is 154 Å². The van der Waals surface area contributed by atoms with Crippen molar-refractivity contribution in [3.8, 4) is 0 Å². The van der Waals surface area contributed by atoms with Crippen molar-refractivity contribution in [2.45, 2.75) is 19.3 Å². The van der Waals surface area contributed by atoms with Gasteiger partial charge in [-0.2, -0.15) is 0 Å². The predicted octanol–water partition coefficient (Wildman–Crippen LogP) is 2.63. The van der Waals surface area contributed by atoms with Gasteiger partial charge < -0.3 is 15.0 Å². The number of carbonyl (C=O) groups excluding carboxylic acids is 1. The Kier molecular flexibility index (Phi) is 6.55. The van der Waals surface area contributed by atoms with Crippen molar-refractivity contribution in [2.75, 3.05) is 38.7 Å². The summed E-state index contributed by atoms with van der Waals surface area (Å²) < 4.78 is 5.24. The van der Waals surface area contributed by atoms with E-state index in [4.69, 9.17) is 4.74 Å². The van der Waals surface area contributed by atoms with Crippen LogP contribution in [-0.4, -0.2) is 54.1 Å². The van der Waals surface area contributed by atoms with Crippen LogP contribution in [0.4, 0.5) is 5.82 Å². The number of anilines is 1. The quantitative estimate of drug-likeness (QED) is 0.828. The molecule has 1 aliphatic rings. The number of hydrogen-bond acceptors (Lipinski definition) is 5. The smallest absolute Gasteiger partial charge is 0.255 e. The highest BCUT2D eigenvalue weighted by Gasteiger charge is 2.24.